The van der Waals surface area contributed by atoms with Gasteiger partial charge in [0.05, 0.1) is 12.2 Å². The maximum absolute atomic E-state index is 11.9. The van der Waals surface area contributed by atoms with Crippen LogP contribution in [0.1, 0.15) is 40.4 Å². The minimum Gasteiger partial charge on any atom is -0.342 e. The third-order valence-electron chi connectivity index (χ3n) is 2.22. The molecule has 0 aliphatic heterocycles. The summed E-state index contributed by atoms with van der Waals surface area (Å²) in [6.45, 7) is 3.96. The average Bonchev–Trinajstić information content (AvgIpc) is 2.96. The van der Waals surface area contributed by atoms with Crippen LogP contribution >= 0.6 is 11.5 Å². The van der Waals surface area contributed by atoms with E-state index in [1.165, 1.54) is 0 Å². The minimum absolute atomic E-state index is 0.204. The van der Waals surface area contributed by atoms with Gasteiger partial charge in [0.25, 0.3) is 5.91 Å². The summed E-state index contributed by atoms with van der Waals surface area (Å²) in [4.78, 5) is 16.5. The molecule has 2 rings (SSSR count). The predicted octanol–water partition coefficient (Wildman–Crippen LogP) is 1.11. The predicted molar refractivity (Wildman–Crippen MR) is 64.1 cm³/mol. The lowest BCUT2D eigenvalue weighted by Crippen LogP contribution is -2.23. The molecule has 2 aromatic rings. The van der Waals surface area contributed by atoms with Crippen molar-refractivity contribution in [1.82, 2.24) is 25.0 Å². The number of carbonyl (C=O) groups is 1. The molecule has 1 amide bonds. The molecular formula is C10H13N5O2S. The highest BCUT2D eigenvalue weighted by molar-refractivity contribution is 7.08. The molecule has 2 heterocycles. The fraction of sp³-hybridized carbons (Fsp3) is 0.500. The van der Waals surface area contributed by atoms with E-state index in [9.17, 15) is 4.79 Å². The molecule has 7 nitrogen and oxygen atoms in total. The molecule has 0 atom stereocenters. The van der Waals surface area contributed by atoms with Crippen LogP contribution in [0, 0.1) is 6.92 Å². The average molecular weight is 267 g/mol. The lowest BCUT2D eigenvalue weighted by atomic mass is 10.2. The second-order valence-electron chi connectivity index (χ2n) is 3.72. The number of aromatic nitrogens is 4. The third kappa shape index (κ3) is 2.89. The minimum atomic E-state index is -0.204. The highest BCUT2D eigenvalue weighted by Crippen LogP contribution is 2.12. The van der Waals surface area contributed by atoms with Gasteiger partial charge in [0.1, 0.15) is 4.88 Å². The number of amides is 1. The van der Waals surface area contributed by atoms with Crippen LogP contribution in [0.5, 0.6) is 0 Å². The van der Waals surface area contributed by atoms with Gasteiger partial charge in [-0.25, -0.2) is 0 Å². The normalized spacial score (nSPS) is 10.6. The maximum atomic E-state index is 11.9. The van der Waals surface area contributed by atoms with Gasteiger partial charge in [0.2, 0.25) is 5.89 Å². The van der Waals surface area contributed by atoms with Gasteiger partial charge in [-0.2, -0.15) is 4.98 Å². The monoisotopic (exact) mass is 267 g/mol. The van der Waals surface area contributed by atoms with E-state index in [0.717, 1.165) is 30.1 Å². The molecule has 0 saturated carbocycles. The van der Waals surface area contributed by atoms with Crippen molar-refractivity contribution in [2.24, 2.45) is 0 Å². The molecule has 0 aliphatic carbocycles. The van der Waals surface area contributed by atoms with Gasteiger partial charge < -0.3 is 9.84 Å². The van der Waals surface area contributed by atoms with Crippen molar-refractivity contribution in [2.45, 2.75) is 33.2 Å². The van der Waals surface area contributed by atoms with Crippen LogP contribution in [0.25, 0.3) is 0 Å². The summed E-state index contributed by atoms with van der Waals surface area (Å²) in [7, 11) is 0. The van der Waals surface area contributed by atoms with E-state index < -0.39 is 0 Å². The summed E-state index contributed by atoms with van der Waals surface area (Å²) in [5.74, 6) is 0.727. The van der Waals surface area contributed by atoms with E-state index in [2.05, 4.69) is 25.0 Å². The van der Waals surface area contributed by atoms with Gasteiger partial charge in [0, 0.05) is 0 Å². The van der Waals surface area contributed by atoms with Crippen LogP contribution in [0.4, 0.5) is 0 Å². The Balaban J connectivity index is 1.97. The zero-order valence-corrected chi connectivity index (χ0v) is 11.0. The van der Waals surface area contributed by atoms with Crippen LogP contribution in [0.15, 0.2) is 4.52 Å². The second kappa shape index (κ2) is 5.67. The summed E-state index contributed by atoms with van der Waals surface area (Å²) in [5, 5.41) is 10.3. The van der Waals surface area contributed by atoms with Crippen molar-refractivity contribution in [1.29, 1.82) is 0 Å². The van der Waals surface area contributed by atoms with E-state index >= 15 is 0 Å². The zero-order valence-electron chi connectivity index (χ0n) is 10.1. The molecule has 0 aliphatic rings. The first-order valence-corrected chi connectivity index (χ1v) is 6.36. The first-order valence-electron chi connectivity index (χ1n) is 5.59. The van der Waals surface area contributed by atoms with Crippen LogP contribution in [0.2, 0.25) is 0 Å². The molecule has 2 aromatic heterocycles. The van der Waals surface area contributed by atoms with Crippen LogP contribution in [0.3, 0.4) is 0 Å². The molecule has 1 N–H and O–H groups in total. The van der Waals surface area contributed by atoms with Gasteiger partial charge in [0.15, 0.2) is 5.82 Å². The molecule has 0 aromatic carbocycles. The number of rotatable bonds is 5. The van der Waals surface area contributed by atoms with Crippen molar-refractivity contribution in [2.75, 3.05) is 0 Å². The molecule has 96 valence electrons. The van der Waals surface area contributed by atoms with E-state index in [1.54, 1.807) is 6.92 Å². The van der Waals surface area contributed by atoms with Crippen LogP contribution in [-0.4, -0.2) is 25.6 Å². The summed E-state index contributed by atoms with van der Waals surface area (Å²) in [6, 6.07) is 0. The highest BCUT2D eigenvalue weighted by Gasteiger charge is 2.16. The lowest BCUT2D eigenvalue weighted by molar-refractivity contribution is 0.0949. The molecule has 0 saturated heterocycles. The third-order valence-corrected chi connectivity index (χ3v) is 2.99. The fourth-order valence-corrected chi connectivity index (χ4v) is 2.05. The summed E-state index contributed by atoms with van der Waals surface area (Å²) in [5.41, 5.74) is 0.738. The topological polar surface area (TPSA) is 93.8 Å². The SMILES string of the molecule is CCCc1nnsc1C(=O)NCc1nc(C)no1. The first kappa shape index (κ1) is 12.6. The van der Waals surface area contributed by atoms with E-state index in [0.29, 0.717) is 16.6 Å². The standard InChI is InChI=1S/C10H13N5O2S/c1-3-4-7-9(18-15-13-7)10(16)11-5-8-12-6(2)14-17-8/h3-5H2,1-2H3,(H,11,16). The number of hydrogen-bond acceptors (Lipinski definition) is 7. The number of carbonyl (C=O) groups excluding carboxylic acids is 1. The largest absolute Gasteiger partial charge is 0.342 e. The Morgan fingerprint density at radius 2 is 2.33 bits per heavy atom. The highest BCUT2D eigenvalue weighted by atomic mass is 32.1. The molecule has 8 heteroatoms. The Labute approximate surface area is 108 Å². The zero-order chi connectivity index (χ0) is 13.0. The smallest absolute Gasteiger partial charge is 0.265 e. The number of hydrogen-bond donors (Lipinski definition) is 1. The van der Waals surface area contributed by atoms with Crippen LogP contribution in [-0.2, 0) is 13.0 Å². The fourth-order valence-electron chi connectivity index (χ4n) is 1.43. The van der Waals surface area contributed by atoms with E-state index in [1.807, 2.05) is 6.92 Å². The quantitative estimate of drug-likeness (QED) is 0.872. The van der Waals surface area contributed by atoms with E-state index in [4.69, 9.17) is 4.52 Å². The number of aryl methyl sites for hydroxylation is 2. The summed E-state index contributed by atoms with van der Waals surface area (Å²) < 4.78 is 8.71. The Hall–Kier alpha value is -1.83. The van der Waals surface area contributed by atoms with Gasteiger partial charge in [-0.3, -0.25) is 4.79 Å². The molecule has 0 unspecified atom stereocenters. The Morgan fingerprint density at radius 3 is 3.00 bits per heavy atom. The molecular weight excluding hydrogens is 254 g/mol. The van der Waals surface area contributed by atoms with Crippen LogP contribution < -0.4 is 5.32 Å². The Bertz CT molecular complexity index is 536. The summed E-state index contributed by atoms with van der Waals surface area (Å²) in [6.07, 6.45) is 1.67. The maximum Gasteiger partial charge on any atom is 0.265 e. The second-order valence-corrected chi connectivity index (χ2v) is 4.47. The molecule has 0 fully saturated rings. The molecule has 0 radical (unpaired) electrons. The van der Waals surface area contributed by atoms with Crippen molar-refractivity contribution in [3.63, 3.8) is 0 Å². The van der Waals surface area contributed by atoms with Gasteiger partial charge in [-0.05, 0) is 24.9 Å². The molecule has 0 bridgehead atoms. The Morgan fingerprint density at radius 1 is 1.50 bits per heavy atom. The van der Waals surface area contributed by atoms with Crippen molar-refractivity contribution in [3.05, 3.63) is 22.3 Å². The van der Waals surface area contributed by atoms with Gasteiger partial charge >= 0.3 is 0 Å². The van der Waals surface area contributed by atoms with Crippen molar-refractivity contribution >= 4 is 17.4 Å². The number of nitrogens with one attached hydrogen (secondary N) is 1. The lowest BCUT2D eigenvalue weighted by Gasteiger charge is -2.00. The molecule has 18 heavy (non-hydrogen) atoms. The van der Waals surface area contributed by atoms with Crippen molar-refractivity contribution in [3.8, 4) is 0 Å². The van der Waals surface area contributed by atoms with Crippen molar-refractivity contribution < 1.29 is 9.32 Å². The van der Waals surface area contributed by atoms with Gasteiger partial charge in [-0.15, -0.1) is 5.10 Å². The first-order chi connectivity index (χ1) is 8.70. The Kier molecular flexibility index (Phi) is 3.98. The number of nitrogens with zero attached hydrogens (tertiary/aromatic N) is 4. The van der Waals surface area contributed by atoms with Gasteiger partial charge in [-0.1, -0.05) is 23.0 Å². The molecule has 0 spiro atoms. The summed E-state index contributed by atoms with van der Waals surface area (Å²) >= 11 is 1.10. The van der Waals surface area contributed by atoms with E-state index in [-0.39, 0.29) is 12.5 Å².